The van der Waals surface area contributed by atoms with Crippen molar-refractivity contribution in [1.29, 1.82) is 0 Å². The summed E-state index contributed by atoms with van der Waals surface area (Å²) in [4.78, 5) is 25.8. The molecule has 0 spiro atoms. The SMILES string of the molecule is C[C@@H](Oc1cc(N2CC([C@H]3CCCN(C4CC(C)(C(=O)O)C4)C3)C2)nc2ncccc12)c1ccc(Cl)cc1Cl. The third-order valence-corrected chi connectivity index (χ3v) is 9.59. The molecule has 1 N–H and O–H groups in total. The molecule has 206 valence electrons. The molecule has 2 aromatic heterocycles. The fourth-order valence-corrected chi connectivity index (χ4v) is 7.09. The number of carbonyl (C=O) groups is 1. The fourth-order valence-electron chi connectivity index (χ4n) is 6.53. The lowest BCUT2D eigenvalue weighted by Gasteiger charge is -2.52. The molecule has 9 heteroatoms. The summed E-state index contributed by atoms with van der Waals surface area (Å²) in [5, 5.41) is 11.5. The van der Waals surface area contributed by atoms with Gasteiger partial charge in [0, 0.05) is 53.5 Å². The summed E-state index contributed by atoms with van der Waals surface area (Å²) in [5.74, 6) is 2.20. The van der Waals surface area contributed by atoms with E-state index in [1.165, 1.54) is 12.8 Å². The number of benzene rings is 1. The molecule has 7 nitrogen and oxygen atoms in total. The molecule has 6 rings (SSSR count). The van der Waals surface area contributed by atoms with Crippen molar-refractivity contribution in [3.63, 3.8) is 0 Å². The van der Waals surface area contributed by atoms with Gasteiger partial charge in [-0.25, -0.2) is 9.97 Å². The van der Waals surface area contributed by atoms with Crippen molar-refractivity contribution in [2.24, 2.45) is 17.3 Å². The van der Waals surface area contributed by atoms with Gasteiger partial charge in [0.2, 0.25) is 0 Å². The molecule has 0 unspecified atom stereocenters. The highest BCUT2D eigenvalue weighted by atomic mass is 35.5. The Kier molecular flexibility index (Phi) is 7.11. The number of piperidine rings is 1. The monoisotopic (exact) mass is 568 g/mol. The van der Waals surface area contributed by atoms with E-state index < -0.39 is 11.4 Å². The van der Waals surface area contributed by atoms with Crippen molar-refractivity contribution in [2.75, 3.05) is 31.1 Å². The number of hydrogen-bond acceptors (Lipinski definition) is 6. The standard InChI is InChI=1S/C30H34Cl2N4O3/c1-18(23-8-7-21(31)11-25(23)32)39-26-12-27(34-28-24(26)6-3-9-33-28)36-16-20(17-36)19-5-4-10-35(15-19)22-13-30(2,14-22)29(37)38/h3,6-9,11-12,18-20,22H,4-5,10,13-17H2,1-2H3,(H,37,38)/t18-,19+,22?,30?/m1/s1. The lowest BCUT2D eigenvalue weighted by atomic mass is 9.65. The fraction of sp³-hybridized carbons (Fsp3) is 0.500. The predicted molar refractivity (Wildman–Crippen MR) is 154 cm³/mol. The van der Waals surface area contributed by atoms with E-state index in [0.717, 1.165) is 61.5 Å². The van der Waals surface area contributed by atoms with Crippen molar-refractivity contribution in [2.45, 2.75) is 51.7 Å². The minimum absolute atomic E-state index is 0.278. The minimum atomic E-state index is -0.659. The van der Waals surface area contributed by atoms with Crippen LogP contribution in [0.1, 0.15) is 51.2 Å². The van der Waals surface area contributed by atoms with Gasteiger partial charge >= 0.3 is 5.97 Å². The van der Waals surface area contributed by atoms with Crippen LogP contribution < -0.4 is 9.64 Å². The Morgan fingerprint density at radius 2 is 1.95 bits per heavy atom. The number of halogens is 2. The Hall–Kier alpha value is -2.61. The normalized spacial score (nSPS) is 26.6. The van der Waals surface area contributed by atoms with Crippen LogP contribution >= 0.6 is 23.2 Å². The van der Waals surface area contributed by atoms with E-state index in [4.69, 9.17) is 32.9 Å². The molecule has 1 aliphatic carbocycles. The number of aliphatic carboxylic acids is 1. The van der Waals surface area contributed by atoms with Crippen LogP contribution in [0.5, 0.6) is 5.75 Å². The maximum Gasteiger partial charge on any atom is 0.309 e. The van der Waals surface area contributed by atoms with Crippen LogP contribution in [-0.4, -0.2) is 58.2 Å². The zero-order valence-corrected chi connectivity index (χ0v) is 23.8. The van der Waals surface area contributed by atoms with Crippen molar-refractivity contribution in [1.82, 2.24) is 14.9 Å². The molecule has 2 saturated heterocycles. The number of anilines is 1. The van der Waals surface area contributed by atoms with E-state index in [-0.39, 0.29) is 6.10 Å². The Bertz CT molecular complexity index is 1390. The van der Waals surface area contributed by atoms with Crippen LogP contribution in [0.15, 0.2) is 42.6 Å². The number of rotatable bonds is 7. The van der Waals surface area contributed by atoms with Crippen molar-refractivity contribution in [3.05, 3.63) is 58.2 Å². The largest absolute Gasteiger partial charge is 0.485 e. The highest BCUT2D eigenvalue weighted by Gasteiger charge is 2.49. The molecule has 3 fully saturated rings. The number of hydrogen-bond donors (Lipinski definition) is 1. The van der Waals surface area contributed by atoms with Crippen LogP contribution in [0.4, 0.5) is 5.82 Å². The van der Waals surface area contributed by atoms with E-state index in [0.29, 0.717) is 33.6 Å². The molecule has 0 bridgehead atoms. The summed E-state index contributed by atoms with van der Waals surface area (Å²) < 4.78 is 6.45. The number of carboxylic acids is 1. The number of ether oxygens (including phenoxy) is 1. The molecule has 4 heterocycles. The van der Waals surface area contributed by atoms with E-state index in [2.05, 4.69) is 14.8 Å². The molecule has 1 saturated carbocycles. The van der Waals surface area contributed by atoms with Gasteiger partial charge in [0.1, 0.15) is 17.7 Å². The van der Waals surface area contributed by atoms with Crippen LogP contribution in [0.3, 0.4) is 0 Å². The zero-order chi connectivity index (χ0) is 27.3. The van der Waals surface area contributed by atoms with Gasteiger partial charge in [-0.15, -0.1) is 0 Å². The number of fused-ring (bicyclic) bond motifs is 1. The average molecular weight is 570 g/mol. The molecule has 1 aromatic carbocycles. The Labute approximate surface area is 239 Å². The summed E-state index contributed by atoms with van der Waals surface area (Å²) in [5.41, 5.74) is 0.993. The van der Waals surface area contributed by atoms with Gasteiger partial charge < -0.3 is 19.6 Å². The number of pyridine rings is 2. The van der Waals surface area contributed by atoms with Crippen molar-refractivity contribution < 1.29 is 14.6 Å². The first kappa shape index (κ1) is 26.6. The second-order valence-corrected chi connectivity index (χ2v) is 12.6. The van der Waals surface area contributed by atoms with Crippen LogP contribution in [-0.2, 0) is 4.79 Å². The molecule has 3 aliphatic rings. The highest BCUT2D eigenvalue weighted by Crippen LogP contribution is 2.45. The molecule has 39 heavy (non-hydrogen) atoms. The first-order valence-corrected chi connectivity index (χ1v) is 14.6. The zero-order valence-electron chi connectivity index (χ0n) is 22.3. The van der Waals surface area contributed by atoms with Crippen molar-refractivity contribution in [3.8, 4) is 5.75 Å². The molecular weight excluding hydrogens is 535 g/mol. The first-order valence-electron chi connectivity index (χ1n) is 13.8. The van der Waals surface area contributed by atoms with Gasteiger partial charge in [0.25, 0.3) is 0 Å². The lowest BCUT2D eigenvalue weighted by Crippen LogP contribution is -2.58. The third-order valence-electron chi connectivity index (χ3n) is 9.03. The highest BCUT2D eigenvalue weighted by molar-refractivity contribution is 6.35. The Morgan fingerprint density at radius 3 is 2.69 bits per heavy atom. The third kappa shape index (κ3) is 5.17. The number of aromatic nitrogens is 2. The summed E-state index contributed by atoms with van der Waals surface area (Å²) >= 11 is 12.5. The molecular formula is C30H34Cl2N4O3. The molecule has 0 radical (unpaired) electrons. The van der Waals surface area contributed by atoms with Gasteiger partial charge in [-0.2, -0.15) is 0 Å². The van der Waals surface area contributed by atoms with Gasteiger partial charge in [-0.05, 0) is 82.2 Å². The van der Waals surface area contributed by atoms with E-state index in [1.54, 1.807) is 12.3 Å². The van der Waals surface area contributed by atoms with E-state index in [9.17, 15) is 9.90 Å². The van der Waals surface area contributed by atoms with Crippen LogP contribution in [0.2, 0.25) is 10.0 Å². The maximum atomic E-state index is 11.5. The van der Waals surface area contributed by atoms with Gasteiger partial charge in [-0.3, -0.25) is 4.79 Å². The van der Waals surface area contributed by atoms with E-state index in [1.807, 2.05) is 44.2 Å². The summed E-state index contributed by atoms with van der Waals surface area (Å²) in [7, 11) is 0. The second-order valence-electron chi connectivity index (χ2n) is 11.8. The summed E-state index contributed by atoms with van der Waals surface area (Å²) in [6.07, 6.45) is 5.43. The summed E-state index contributed by atoms with van der Waals surface area (Å²) in [6, 6.07) is 11.8. The molecule has 2 atom stereocenters. The first-order chi connectivity index (χ1) is 18.7. The van der Waals surface area contributed by atoms with E-state index >= 15 is 0 Å². The average Bonchev–Trinajstić information content (AvgIpc) is 2.86. The van der Waals surface area contributed by atoms with Crippen molar-refractivity contribution >= 4 is 46.0 Å². The van der Waals surface area contributed by atoms with Gasteiger partial charge in [0.15, 0.2) is 5.65 Å². The number of carboxylic acid groups (broad SMARTS) is 1. The molecule has 3 aromatic rings. The minimum Gasteiger partial charge on any atom is -0.485 e. The Balaban J connectivity index is 1.14. The number of nitrogens with zero attached hydrogens (tertiary/aromatic N) is 4. The van der Waals surface area contributed by atoms with Crippen LogP contribution in [0.25, 0.3) is 11.0 Å². The Morgan fingerprint density at radius 1 is 1.15 bits per heavy atom. The maximum absolute atomic E-state index is 11.5. The predicted octanol–water partition coefficient (Wildman–Crippen LogP) is 6.48. The lowest BCUT2D eigenvalue weighted by molar-refractivity contribution is -0.158. The topological polar surface area (TPSA) is 78.8 Å². The van der Waals surface area contributed by atoms with Crippen LogP contribution in [0, 0.1) is 17.3 Å². The van der Waals surface area contributed by atoms with Gasteiger partial charge in [0.05, 0.1) is 10.8 Å². The second kappa shape index (κ2) is 10.4. The summed E-state index contributed by atoms with van der Waals surface area (Å²) in [6.45, 7) is 7.93. The van der Waals surface area contributed by atoms with Gasteiger partial charge in [-0.1, -0.05) is 29.3 Å². The quantitative estimate of drug-likeness (QED) is 0.349. The number of likely N-dealkylation sites (tertiary alicyclic amines) is 1. The smallest absolute Gasteiger partial charge is 0.309 e. The molecule has 0 amide bonds. The molecule has 2 aliphatic heterocycles.